The first-order chi connectivity index (χ1) is 16.6. The number of likely N-dealkylation sites (tertiary alicyclic amines) is 1. The Morgan fingerprint density at radius 2 is 1.76 bits per heavy atom. The summed E-state index contributed by atoms with van der Waals surface area (Å²) >= 11 is 1.75. The van der Waals surface area contributed by atoms with E-state index in [0.29, 0.717) is 5.92 Å². The summed E-state index contributed by atoms with van der Waals surface area (Å²) in [5.41, 5.74) is 5.19. The van der Waals surface area contributed by atoms with Crippen molar-refractivity contribution in [1.82, 2.24) is 4.90 Å². The zero-order valence-electron chi connectivity index (χ0n) is 19.9. The second-order valence-corrected chi connectivity index (χ2v) is 10.9. The lowest BCUT2D eigenvalue weighted by molar-refractivity contribution is -0.114. The van der Waals surface area contributed by atoms with E-state index in [0.717, 1.165) is 55.8 Å². The van der Waals surface area contributed by atoms with Crippen LogP contribution in [0.3, 0.4) is 0 Å². The predicted molar refractivity (Wildman–Crippen MR) is 138 cm³/mol. The number of nitrogens with one attached hydrogen (secondary N) is 1. The highest BCUT2D eigenvalue weighted by Gasteiger charge is 2.33. The molecule has 2 heterocycles. The maximum atomic E-state index is 13.8. The van der Waals surface area contributed by atoms with Crippen LogP contribution in [0.15, 0.2) is 54.6 Å². The molecule has 1 amide bonds. The number of amides is 1. The second kappa shape index (κ2) is 10.4. The Morgan fingerprint density at radius 1 is 1.06 bits per heavy atom. The van der Waals surface area contributed by atoms with Crippen molar-refractivity contribution in [3.63, 3.8) is 0 Å². The fourth-order valence-corrected chi connectivity index (χ4v) is 7.07. The molecular formula is C29H33FN2OS. The molecule has 1 saturated heterocycles. The third kappa shape index (κ3) is 5.11. The number of piperidine rings is 1. The van der Waals surface area contributed by atoms with E-state index in [9.17, 15) is 9.18 Å². The number of fused-ring (bicyclic) bond motifs is 1. The third-order valence-corrected chi connectivity index (χ3v) is 8.57. The van der Waals surface area contributed by atoms with E-state index < -0.39 is 0 Å². The fourth-order valence-electron chi connectivity index (χ4n) is 5.70. The van der Waals surface area contributed by atoms with Crippen LogP contribution in [0.25, 0.3) is 0 Å². The molecule has 3 aromatic rings. The van der Waals surface area contributed by atoms with Gasteiger partial charge < -0.3 is 5.32 Å². The van der Waals surface area contributed by atoms with Crippen LogP contribution in [0.2, 0.25) is 0 Å². The van der Waals surface area contributed by atoms with Gasteiger partial charge in [-0.1, -0.05) is 42.5 Å². The zero-order chi connectivity index (χ0) is 23.5. The summed E-state index contributed by atoms with van der Waals surface area (Å²) in [7, 11) is 0. The topological polar surface area (TPSA) is 32.3 Å². The Balaban J connectivity index is 1.46. The molecule has 5 heteroatoms. The highest BCUT2D eigenvalue weighted by Crippen LogP contribution is 2.46. The standard InChI is InChI=1S/C29H33FN2OS/c1-20(33)31-29-27(25-9-5-6-10-26(25)34-29)28(23-11-13-24(30)14-12-23)32-17-15-22(16-18-32)19-21-7-3-2-4-8-21/h2-4,7-8,11-14,22,28H,5-6,9-10,15-19H2,1H3,(H,31,33). The minimum atomic E-state index is -0.210. The predicted octanol–water partition coefficient (Wildman–Crippen LogP) is 6.77. The summed E-state index contributed by atoms with van der Waals surface area (Å²) in [6, 6.07) is 17.8. The van der Waals surface area contributed by atoms with Gasteiger partial charge in [-0.05, 0) is 92.8 Å². The van der Waals surface area contributed by atoms with Crippen LogP contribution in [0.4, 0.5) is 9.39 Å². The van der Waals surface area contributed by atoms with Crippen LogP contribution in [-0.4, -0.2) is 23.9 Å². The lowest BCUT2D eigenvalue weighted by atomic mass is 9.85. The van der Waals surface area contributed by atoms with Crippen LogP contribution in [0.1, 0.15) is 65.8 Å². The molecule has 1 atom stereocenters. The van der Waals surface area contributed by atoms with Crippen LogP contribution in [-0.2, 0) is 24.1 Å². The molecule has 0 radical (unpaired) electrons. The average Bonchev–Trinajstić information content (AvgIpc) is 3.19. The van der Waals surface area contributed by atoms with Gasteiger partial charge in [0.25, 0.3) is 0 Å². The van der Waals surface area contributed by atoms with Crippen molar-refractivity contribution < 1.29 is 9.18 Å². The molecule has 2 aliphatic rings. The molecule has 0 bridgehead atoms. The van der Waals surface area contributed by atoms with Crippen LogP contribution in [0.5, 0.6) is 0 Å². The number of hydrogen-bond donors (Lipinski definition) is 1. The Labute approximate surface area is 206 Å². The van der Waals surface area contributed by atoms with Crippen molar-refractivity contribution in [2.45, 2.75) is 57.9 Å². The minimum Gasteiger partial charge on any atom is -0.318 e. The molecule has 1 aromatic heterocycles. The summed E-state index contributed by atoms with van der Waals surface area (Å²) in [5.74, 6) is 0.441. The molecule has 34 heavy (non-hydrogen) atoms. The van der Waals surface area contributed by atoms with E-state index in [1.807, 2.05) is 12.1 Å². The van der Waals surface area contributed by atoms with E-state index in [4.69, 9.17) is 0 Å². The first kappa shape index (κ1) is 23.3. The van der Waals surface area contributed by atoms with Gasteiger partial charge in [0, 0.05) is 17.4 Å². The molecule has 178 valence electrons. The number of benzene rings is 2. The summed E-state index contributed by atoms with van der Waals surface area (Å²) < 4.78 is 13.8. The van der Waals surface area contributed by atoms with Crippen molar-refractivity contribution in [1.29, 1.82) is 0 Å². The largest absolute Gasteiger partial charge is 0.318 e. The first-order valence-electron chi connectivity index (χ1n) is 12.5. The Bertz CT molecular complexity index is 1120. The van der Waals surface area contributed by atoms with Gasteiger partial charge >= 0.3 is 0 Å². The first-order valence-corrected chi connectivity index (χ1v) is 13.4. The van der Waals surface area contributed by atoms with Gasteiger partial charge in [0.2, 0.25) is 5.91 Å². The maximum Gasteiger partial charge on any atom is 0.221 e. The molecular weight excluding hydrogens is 443 g/mol. The normalized spacial score (nSPS) is 17.8. The monoisotopic (exact) mass is 476 g/mol. The lowest BCUT2D eigenvalue weighted by Gasteiger charge is -2.39. The molecule has 0 saturated carbocycles. The highest BCUT2D eigenvalue weighted by molar-refractivity contribution is 7.16. The van der Waals surface area contributed by atoms with Crippen molar-refractivity contribution >= 4 is 22.2 Å². The number of halogens is 1. The van der Waals surface area contributed by atoms with E-state index in [2.05, 4.69) is 40.5 Å². The Morgan fingerprint density at radius 3 is 2.47 bits per heavy atom. The van der Waals surface area contributed by atoms with Crippen molar-refractivity contribution in [3.8, 4) is 0 Å². The number of aryl methyl sites for hydroxylation is 1. The van der Waals surface area contributed by atoms with Gasteiger partial charge in [-0.3, -0.25) is 9.69 Å². The molecule has 3 nitrogen and oxygen atoms in total. The average molecular weight is 477 g/mol. The van der Waals surface area contributed by atoms with Crippen molar-refractivity contribution in [3.05, 3.63) is 87.5 Å². The van der Waals surface area contributed by atoms with Gasteiger partial charge in [0.05, 0.1) is 6.04 Å². The Kier molecular flexibility index (Phi) is 7.12. The van der Waals surface area contributed by atoms with Gasteiger partial charge in [-0.25, -0.2) is 4.39 Å². The molecule has 5 rings (SSSR count). The van der Waals surface area contributed by atoms with Gasteiger partial charge in [0.1, 0.15) is 10.8 Å². The minimum absolute atomic E-state index is 0.0285. The summed E-state index contributed by atoms with van der Waals surface area (Å²) in [6.45, 7) is 3.60. The fraction of sp³-hybridized carbons (Fsp3) is 0.414. The van der Waals surface area contributed by atoms with Crippen LogP contribution in [0, 0.1) is 11.7 Å². The molecule has 0 spiro atoms. The number of hydrogen-bond acceptors (Lipinski definition) is 3. The smallest absolute Gasteiger partial charge is 0.221 e. The highest BCUT2D eigenvalue weighted by atomic mass is 32.1. The maximum absolute atomic E-state index is 13.8. The van der Waals surface area contributed by atoms with E-state index in [1.54, 1.807) is 30.4 Å². The SMILES string of the molecule is CC(=O)Nc1sc2c(c1C(c1ccc(F)cc1)N1CCC(Cc3ccccc3)CC1)CCCC2. The van der Waals surface area contributed by atoms with E-state index in [-0.39, 0.29) is 17.8 Å². The second-order valence-electron chi connectivity index (χ2n) is 9.76. The van der Waals surface area contributed by atoms with Crippen molar-refractivity contribution in [2.24, 2.45) is 5.92 Å². The molecule has 1 aliphatic heterocycles. The Hall–Kier alpha value is -2.50. The summed E-state index contributed by atoms with van der Waals surface area (Å²) in [6.07, 6.45) is 7.96. The molecule has 2 aromatic carbocycles. The van der Waals surface area contributed by atoms with Gasteiger partial charge in [-0.2, -0.15) is 0 Å². The van der Waals surface area contributed by atoms with E-state index in [1.165, 1.54) is 34.4 Å². The van der Waals surface area contributed by atoms with Gasteiger partial charge in [-0.15, -0.1) is 11.3 Å². The molecule has 1 aliphatic carbocycles. The van der Waals surface area contributed by atoms with Crippen LogP contribution < -0.4 is 5.32 Å². The molecule has 1 fully saturated rings. The van der Waals surface area contributed by atoms with Crippen LogP contribution >= 0.6 is 11.3 Å². The number of thiophene rings is 1. The number of anilines is 1. The molecule has 1 unspecified atom stereocenters. The number of carbonyl (C=O) groups is 1. The zero-order valence-corrected chi connectivity index (χ0v) is 20.7. The van der Waals surface area contributed by atoms with E-state index >= 15 is 0 Å². The lowest BCUT2D eigenvalue weighted by Crippen LogP contribution is -2.38. The quantitative estimate of drug-likeness (QED) is 0.426. The number of rotatable bonds is 6. The van der Waals surface area contributed by atoms with Gasteiger partial charge in [0.15, 0.2) is 0 Å². The van der Waals surface area contributed by atoms with Crippen molar-refractivity contribution in [2.75, 3.05) is 18.4 Å². The summed E-state index contributed by atoms with van der Waals surface area (Å²) in [4.78, 5) is 16.1. The third-order valence-electron chi connectivity index (χ3n) is 7.34. The summed E-state index contributed by atoms with van der Waals surface area (Å²) in [5, 5.41) is 4.14. The molecule has 1 N–H and O–H groups in total. The number of nitrogens with zero attached hydrogens (tertiary/aromatic N) is 1. The number of carbonyl (C=O) groups excluding carboxylic acids is 1.